The van der Waals surface area contributed by atoms with Gasteiger partial charge in [0.1, 0.15) is 23.7 Å². The number of fused-ring (bicyclic) bond motifs is 1. The lowest BCUT2D eigenvalue weighted by molar-refractivity contribution is -0.117. The quantitative estimate of drug-likeness (QED) is 0.438. The molecule has 31 heavy (non-hydrogen) atoms. The molecule has 4 N–H and O–H groups in total. The molecule has 8 nitrogen and oxygen atoms in total. The van der Waals surface area contributed by atoms with E-state index in [1.54, 1.807) is 22.9 Å². The molecule has 2 aliphatic rings. The number of hydrogen-bond acceptors (Lipinski definition) is 6. The van der Waals surface area contributed by atoms with Crippen LogP contribution in [0.5, 0.6) is 0 Å². The van der Waals surface area contributed by atoms with Gasteiger partial charge in [-0.25, -0.2) is 9.37 Å². The number of amides is 1. The second-order valence-electron chi connectivity index (χ2n) is 7.73. The van der Waals surface area contributed by atoms with E-state index in [-0.39, 0.29) is 18.1 Å². The number of hydrogen-bond donors (Lipinski definition) is 4. The fourth-order valence-electron chi connectivity index (χ4n) is 3.47. The molecule has 0 spiro atoms. The molecule has 1 saturated carbocycles. The number of nitrogens with zero attached hydrogens (tertiary/aromatic N) is 3. The molecule has 1 saturated heterocycles. The van der Waals surface area contributed by atoms with Crippen LogP contribution in [-0.4, -0.2) is 37.9 Å². The minimum absolute atomic E-state index is 0.227. The average molecular weight is 443 g/mol. The summed E-state index contributed by atoms with van der Waals surface area (Å²) in [7, 11) is 0. The summed E-state index contributed by atoms with van der Waals surface area (Å²) in [6.45, 7) is 0.365. The summed E-state index contributed by atoms with van der Waals surface area (Å²) in [5.74, 6) is 0.679. The molecule has 1 unspecified atom stereocenters. The van der Waals surface area contributed by atoms with Gasteiger partial charge in [0, 0.05) is 41.2 Å². The normalized spacial score (nSPS) is 19.8. The van der Waals surface area contributed by atoms with Gasteiger partial charge in [-0.3, -0.25) is 4.79 Å². The maximum atomic E-state index is 13.3. The van der Waals surface area contributed by atoms with Crippen molar-refractivity contribution in [2.45, 2.75) is 38.1 Å². The third-order valence-electron chi connectivity index (χ3n) is 5.24. The highest BCUT2D eigenvalue weighted by Crippen LogP contribution is 2.28. The maximum Gasteiger partial charge on any atom is 0.249 e. The lowest BCUT2D eigenvalue weighted by Gasteiger charge is -2.12. The Labute approximate surface area is 182 Å². The van der Waals surface area contributed by atoms with Crippen molar-refractivity contribution in [3.8, 4) is 0 Å². The number of aliphatic hydroxyl groups excluding tert-OH is 1. The molecule has 3 aromatic rings. The van der Waals surface area contributed by atoms with E-state index in [0.717, 1.165) is 24.2 Å². The van der Waals surface area contributed by atoms with Crippen LogP contribution in [0.25, 0.3) is 11.7 Å². The Bertz CT molecular complexity index is 1210. The van der Waals surface area contributed by atoms with E-state index in [2.05, 4.69) is 26.0 Å². The van der Waals surface area contributed by atoms with Crippen LogP contribution < -0.4 is 16.0 Å². The van der Waals surface area contributed by atoms with Crippen LogP contribution in [-0.2, 0) is 11.3 Å². The molecule has 2 fully saturated rings. The Kier molecular flexibility index (Phi) is 4.99. The van der Waals surface area contributed by atoms with Gasteiger partial charge in [-0.15, -0.1) is 0 Å². The van der Waals surface area contributed by atoms with E-state index in [1.165, 1.54) is 12.1 Å². The molecule has 0 bridgehead atoms. The molecular weight excluding hydrogens is 423 g/mol. The minimum Gasteiger partial charge on any atom is -0.373 e. The van der Waals surface area contributed by atoms with Gasteiger partial charge in [0.05, 0.1) is 6.20 Å². The molecule has 1 amide bonds. The first-order valence-corrected chi connectivity index (χ1v) is 10.4. The van der Waals surface area contributed by atoms with Crippen LogP contribution >= 0.6 is 11.6 Å². The lowest BCUT2D eigenvalue weighted by atomic mass is 10.1. The zero-order chi connectivity index (χ0) is 21.5. The highest BCUT2D eigenvalue weighted by molar-refractivity contribution is 6.31. The molecular formula is C21H20ClFN6O2. The van der Waals surface area contributed by atoms with Crippen LogP contribution in [0.2, 0.25) is 5.02 Å². The van der Waals surface area contributed by atoms with Crippen molar-refractivity contribution in [2.75, 3.05) is 10.6 Å². The number of carbonyl (C=O) groups is 1. The van der Waals surface area contributed by atoms with Crippen molar-refractivity contribution in [1.82, 2.24) is 19.9 Å². The van der Waals surface area contributed by atoms with E-state index >= 15 is 0 Å². The molecule has 1 aliphatic heterocycles. The van der Waals surface area contributed by atoms with Crippen molar-refractivity contribution < 1.29 is 14.3 Å². The Hall–Kier alpha value is -3.17. The van der Waals surface area contributed by atoms with Crippen LogP contribution in [0.3, 0.4) is 0 Å². The van der Waals surface area contributed by atoms with Gasteiger partial charge in [0.2, 0.25) is 5.91 Å². The summed E-state index contributed by atoms with van der Waals surface area (Å²) in [5, 5.41) is 23.6. The molecule has 1 atom stereocenters. The number of anilines is 2. The maximum absolute atomic E-state index is 13.3. The third kappa shape index (κ3) is 4.19. The molecule has 1 aliphatic carbocycles. The average Bonchev–Trinajstić information content (AvgIpc) is 3.36. The van der Waals surface area contributed by atoms with Crippen molar-refractivity contribution in [1.29, 1.82) is 0 Å². The largest absolute Gasteiger partial charge is 0.373 e. The number of carbonyl (C=O) groups excluding carboxylic acids is 1. The van der Waals surface area contributed by atoms with Gasteiger partial charge in [-0.05, 0) is 36.6 Å². The van der Waals surface area contributed by atoms with Crippen LogP contribution in [0.1, 0.15) is 30.4 Å². The molecule has 1 aromatic carbocycles. The molecule has 0 radical (unpaired) electrons. The zero-order valence-electron chi connectivity index (χ0n) is 16.4. The monoisotopic (exact) mass is 442 g/mol. The summed E-state index contributed by atoms with van der Waals surface area (Å²) >= 11 is 6.13. The van der Waals surface area contributed by atoms with Gasteiger partial charge in [0.25, 0.3) is 0 Å². The van der Waals surface area contributed by atoms with Crippen LogP contribution in [0.4, 0.5) is 16.0 Å². The minimum atomic E-state index is -0.877. The number of rotatable bonds is 6. The van der Waals surface area contributed by atoms with Gasteiger partial charge in [0.15, 0.2) is 5.65 Å². The third-order valence-corrected chi connectivity index (χ3v) is 5.59. The van der Waals surface area contributed by atoms with E-state index in [9.17, 15) is 14.3 Å². The predicted octanol–water partition coefficient (Wildman–Crippen LogP) is 2.93. The second-order valence-corrected chi connectivity index (χ2v) is 8.14. The van der Waals surface area contributed by atoms with Gasteiger partial charge < -0.3 is 21.1 Å². The highest BCUT2D eigenvalue weighted by Gasteiger charge is 2.26. The number of aliphatic hydroxyl groups is 1. The molecule has 5 rings (SSSR count). The molecule has 10 heteroatoms. The summed E-state index contributed by atoms with van der Waals surface area (Å²) in [5.41, 5.74) is 2.45. The summed E-state index contributed by atoms with van der Waals surface area (Å²) in [6.07, 6.45) is 4.87. The van der Waals surface area contributed by atoms with Crippen molar-refractivity contribution in [3.05, 3.63) is 58.0 Å². The molecule has 2 aromatic heterocycles. The van der Waals surface area contributed by atoms with E-state index in [4.69, 9.17) is 11.6 Å². The lowest BCUT2D eigenvalue weighted by Crippen LogP contribution is -2.24. The SMILES string of the molecule is O=C1NC(O)C/C1=C\c1cnn2c(NC3CC3)cc(NCc3ccc(F)cc3Cl)nc12. The number of aromatic nitrogens is 3. The number of halogens is 2. The Balaban J connectivity index is 1.49. The molecule has 3 heterocycles. The summed E-state index contributed by atoms with van der Waals surface area (Å²) < 4.78 is 15.0. The van der Waals surface area contributed by atoms with Crippen molar-refractivity contribution >= 4 is 40.9 Å². The topological polar surface area (TPSA) is 104 Å². The fraction of sp³-hybridized carbons (Fsp3) is 0.286. The van der Waals surface area contributed by atoms with Gasteiger partial charge in [-0.2, -0.15) is 9.61 Å². The Morgan fingerprint density at radius 3 is 2.90 bits per heavy atom. The van der Waals surface area contributed by atoms with E-state index < -0.39 is 6.23 Å². The fourth-order valence-corrected chi connectivity index (χ4v) is 3.70. The Morgan fingerprint density at radius 1 is 1.35 bits per heavy atom. The Morgan fingerprint density at radius 2 is 2.19 bits per heavy atom. The first-order chi connectivity index (χ1) is 15.0. The summed E-state index contributed by atoms with van der Waals surface area (Å²) in [6, 6.07) is 6.52. The smallest absolute Gasteiger partial charge is 0.249 e. The summed E-state index contributed by atoms with van der Waals surface area (Å²) in [4.78, 5) is 16.7. The van der Waals surface area contributed by atoms with Crippen molar-refractivity contribution in [2.24, 2.45) is 0 Å². The molecule has 160 valence electrons. The number of nitrogens with one attached hydrogen (secondary N) is 3. The van der Waals surface area contributed by atoms with Gasteiger partial charge in [-0.1, -0.05) is 17.7 Å². The first kappa shape index (κ1) is 19.8. The van der Waals surface area contributed by atoms with Crippen LogP contribution in [0.15, 0.2) is 36.0 Å². The standard InChI is InChI=1S/C21H20ClFN6O2/c22-16-7-14(23)2-1-11(16)9-24-17-8-18(26-15-3-4-15)29-20(27-17)13(10-25-29)5-12-6-19(30)28-21(12)31/h1-2,5,7-8,10,15,19,26,30H,3-4,6,9H2,(H,24,27)(H,28,31)/b12-5+. The van der Waals surface area contributed by atoms with Gasteiger partial charge >= 0.3 is 0 Å². The van der Waals surface area contributed by atoms with Crippen LogP contribution in [0, 0.1) is 5.82 Å². The van der Waals surface area contributed by atoms with E-state index in [0.29, 0.717) is 40.2 Å². The second kappa shape index (κ2) is 7.82. The zero-order valence-corrected chi connectivity index (χ0v) is 17.2. The number of benzene rings is 1. The van der Waals surface area contributed by atoms with Crippen molar-refractivity contribution in [3.63, 3.8) is 0 Å². The highest BCUT2D eigenvalue weighted by atomic mass is 35.5. The first-order valence-electron chi connectivity index (χ1n) is 9.99. The predicted molar refractivity (Wildman–Crippen MR) is 115 cm³/mol. The van der Waals surface area contributed by atoms with E-state index in [1.807, 2.05) is 6.07 Å².